The van der Waals surface area contributed by atoms with Gasteiger partial charge in [0.25, 0.3) is 0 Å². The van der Waals surface area contributed by atoms with Crippen LogP contribution in [0, 0.1) is 17.7 Å². The Hall–Kier alpha value is -2.40. The SMILES string of the molecule is CC(C)c1ccc(NC(=O)C2CC2C(=O)Nc2ccc(F)c(Cl)c2)cc1. The summed E-state index contributed by atoms with van der Waals surface area (Å²) in [6.07, 6.45) is 0.497. The van der Waals surface area contributed by atoms with Crippen LogP contribution in [-0.2, 0) is 9.59 Å². The molecule has 0 aromatic heterocycles. The Labute approximate surface area is 156 Å². The number of benzene rings is 2. The monoisotopic (exact) mass is 374 g/mol. The fourth-order valence-electron chi connectivity index (χ4n) is 2.77. The molecule has 136 valence electrons. The van der Waals surface area contributed by atoms with Crippen LogP contribution in [0.2, 0.25) is 5.02 Å². The Morgan fingerprint density at radius 2 is 1.54 bits per heavy atom. The van der Waals surface area contributed by atoms with Crippen molar-refractivity contribution in [3.05, 3.63) is 58.9 Å². The predicted octanol–water partition coefficient (Wildman–Crippen LogP) is 4.82. The minimum Gasteiger partial charge on any atom is -0.326 e. The summed E-state index contributed by atoms with van der Waals surface area (Å²) in [5, 5.41) is 5.46. The molecule has 1 saturated carbocycles. The van der Waals surface area contributed by atoms with Gasteiger partial charge in [-0.1, -0.05) is 37.6 Å². The van der Waals surface area contributed by atoms with Crippen molar-refractivity contribution < 1.29 is 14.0 Å². The molecule has 6 heteroatoms. The summed E-state index contributed by atoms with van der Waals surface area (Å²) < 4.78 is 13.2. The van der Waals surface area contributed by atoms with E-state index in [2.05, 4.69) is 24.5 Å². The van der Waals surface area contributed by atoms with Crippen LogP contribution in [0.3, 0.4) is 0 Å². The van der Waals surface area contributed by atoms with Crippen LogP contribution in [0.25, 0.3) is 0 Å². The summed E-state index contributed by atoms with van der Waals surface area (Å²) >= 11 is 5.70. The normalized spacial score (nSPS) is 18.5. The molecule has 2 aromatic carbocycles. The second-order valence-corrected chi connectivity index (χ2v) is 7.24. The third kappa shape index (κ3) is 4.22. The molecule has 0 bridgehead atoms. The quantitative estimate of drug-likeness (QED) is 0.788. The van der Waals surface area contributed by atoms with Crippen LogP contribution >= 0.6 is 11.6 Å². The Bertz CT molecular complexity index is 836. The van der Waals surface area contributed by atoms with E-state index in [4.69, 9.17) is 11.6 Å². The van der Waals surface area contributed by atoms with Gasteiger partial charge in [0.1, 0.15) is 5.82 Å². The standard InChI is InChI=1S/C20H20ClFN2O2/c1-11(2)12-3-5-13(6-4-12)23-19(25)15-10-16(15)20(26)24-14-7-8-18(22)17(21)9-14/h3-9,11,15-16H,10H2,1-2H3,(H,23,25)(H,24,26). The zero-order chi connectivity index (χ0) is 18.8. The first kappa shape index (κ1) is 18.4. The van der Waals surface area contributed by atoms with E-state index in [1.54, 1.807) is 0 Å². The van der Waals surface area contributed by atoms with Crippen molar-refractivity contribution in [2.75, 3.05) is 10.6 Å². The van der Waals surface area contributed by atoms with E-state index in [9.17, 15) is 14.0 Å². The topological polar surface area (TPSA) is 58.2 Å². The van der Waals surface area contributed by atoms with Gasteiger partial charge in [0, 0.05) is 11.4 Å². The molecule has 0 heterocycles. The third-order valence-electron chi connectivity index (χ3n) is 4.50. The Kier molecular flexibility index (Phi) is 5.28. The molecule has 2 unspecified atom stereocenters. The van der Waals surface area contributed by atoms with Crippen LogP contribution in [-0.4, -0.2) is 11.8 Å². The van der Waals surface area contributed by atoms with E-state index in [0.29, 0.717) is 18.0 Å². The van der Waals surface area contributed by atoms with Crippen LogP contribution in [0.4, 0.5) is 15.8 Å². The number of carbonyl (C=O) groups is 2. The van der Waals surface area contributed by atoms with Gasteiger partial charge in [-0.3, -0.25) is 9.59 Å². The lowest BCUT2D eigenvalue weighted by Gasteiger charge is -2.09. The van der Waals surface area contributed by atoms with Crippen molar-refractivity contribution in [3.8, 4) is 0 Å². The molecular formula is C20H20ClFN2O2. The van der Waals surface area contributed by atoms with E-state index >= 15 is 0 Å². The zero-order valence-corrected chi connectivity index (χ0v) is 15.3. The summed E-state index contributed by atoms with van der Waals surface area (Å²) in [7, 11) is 0. The number of halogens is 2. The van der Waals surface area contributed by atoms with Crippen molar-refractivity contribution >= 4 is 34.8 Å². The van der Waals surface area contributed by atoms with E-state index in [0.717, 1.165) is 5.69 Å². The van der Waals surface area contributed by atoms with E-state index in [-0.39, 0.29) is 28.7 Å². The van der Waals surface area contributed by atoms with Crippen LogP contribution in [0.1, 0.15) is 31.7 Å². The lowest BCUT2D eigenvalue weighted by molar-refractivity contribution is -0.122. The van der Waals surface area contributed by atoms with Crippen molar-refractivity contribution in [2.24, 2.45) is 11.8 Å². The van der Waals surface area contributed by atoms with Gasteiger partial charge in [-0.05, 0) is 48.2 Å². The highest BCUT2D eigenvalue weighted by atomic mass is 35.5. The molecule has 1 aliphatic carbocycles. The van der Waals surface area contributed by atoms with Gasteiger partial charge in [-0.25, -0.2) is 4.39 Å². The molecule has 1 aliphatic rings. The number of amides is 2. The smallest absolute Gasteiger partial charge is 0.228 e. The molecule has 26 heavy (non-hydrogen) atoms. The lowest BCUT2D eigenvalue weighted by atomic mass is 10.0. The van der Waals surface area contributed by atoms with Crippen molar-refractivity contribution in [1.29, 1.82) is 0 Å². The number of nitrogens with one attached hydrogen (secondary N) is 2. The van der Waals surface area contributed by atoms with Gasteiger partial charge in [-0.15, -0.1) is 0 Å². The van der Waals surface area contributed by atoms with E-state index in [1.807, 2.05) is 24.3 Å². The number of rotatable bonds is 5. The zero-order valence-electron chi connectivity index (χ0n) is 14.6. The molecule has 2 atom stereocenters. The van der Waals surface area contributed by atoms with Gasteiger partial charge in [-0.2, -0.15) is 0 Å². The molecule has 2 aromatic rings. The summed E-state index contributed by atoms with van der Waals surface area (Å²) in [6.45, 7) is 4.21. The van der Waals surface area contributed by atoms with Crippen LogP contribution < -0.4 is 10.6 Å². The van der Waals surface area contributed by atoms with Crippen LogP contribution in [0.15, 0.2) is 42.5 Å². The van der Waals surface area contributed by atoms with E-state index in [1.165, 1.54) is 23.8 Å². The predicted molar refractivity (Wildman–Crippen MR) is 101 cm³/mol. The maximum Gasteiger partial charge on any atom is 0.228 e. The third-order valence-corrected chi connectivity index (χ3v) is 4.79. The first-order valence-electron chi connectivity index (χ1n) is 8.52. The molecule has 3 rings (SSSR count). The summed E-state index contributed by atoms with van der Waals surface area (Å²) in [5.41, 5.74) is 2.33. The molecule has 0 saturated heterocycles. The minimum atomic E-state index is -0.545. The number of hydrogen-bond acceptors (Lipinski definition) is 2. The minimum absolute atomic E-state index is 0.0577. The van der Waals surface area contributed by atoms with Crippen molar-refractivity contribution in [3.63, 3.8) is 0 Å². The van der Waals surface area contributed by atoms with Crippen LogP contribution in [0.5, 0.6) is 0 Å². The fraction of sp³-hybridized carbons (Fsp3) is 0.300. The molecule has 0 spiro atoms. The average Bonchev–Trinajstić information content (AvgIpc) is 3.39. The summed E-state index contributed by atoms with van der Waals surface area (Å²) in [5.74, 6) is -1.28. The van der Waals surface area contributed by atoms with Gasteiger partial charge >= 0.3 is 0 Å². The highest BCUT2D eigenvalue weighted by Crippen LogP contribution is 2.40. The molecule has 0 aliphatic heterocycles. The van der Waals surface area contributed by atoms with Gasteiger partial charge in [0.05, 0.1) is 16.9 Å². The largest absolute Gasteiger partial charge is 0.326 e. The van der Waals surface area contributed by atoms with E-state index < -0.39 is 5.82 Å². The van der Waals surface area contributed by atoms with Gasteiger partial charge in [0.15, 0.2) is 0 Å². The first-order chi connectivity index (χ1) is 12.3. The maximum atomic E-state index is 13.2. The highest BCUT2D eigenvalue weighted by Gasteiger charge is 2.48. The molecule has 2 N–H and O–H groups in total. The second-order valence-electron chi connectivity index (χ2n) is 6.83. The second kappa shape index (κ2) is 7.46. The Balaban J connectivity index is 1.54. The van der Waals surface area contributed by atoms with Crippen molar-refractivity contribution in [1.82, 2.24) is 0 Å². The summed E-state index contributed by atoms with van der Waals surface area (Å²) in [6, 6.07) is 11.7. The summed E-state index contributed by atoms with van der Waals surface area (Å²) in [4.78, 5) is 24.5. The maximum absolute atomic E-state index is 13.2. The Morgan fingerprint density at radius 1 is 1.00 bits per heavy atom. The lowest BCUT2D eigenvalue weighted by Crippen LogP contribution is -2.20. The molecule has 2 amide bonds. The van der Waals surface area contributed by atoms with Gasteiger partial charge < -0.3 is 10.6 Å². The molecule has 4 nitrogen and oxygen atoms in total. The first-order valence-corrected chi connectivity index (χ1v) is 8.89. The highest BCUT2D eigenvalue weighted by molar-refractivity contribution is 6.31. The number of anilines is 2. The Morgan fingerprint density at radius 3 is 2.08 bits per heavy atom. The van der Waals surface area contributed by atoms with Gasteiger partial charge in [0.2, 0.25) is 11.8 Å². The number of carbonyl (C=O) groups excluding carboxylic acids is 2. The molecular weight excluding hydrogens is 355 g/mol. The molecule has 1 fully saturated rings. The fourth-order valence-corrected chi connectivity index (χ4v) is 2.95. The average molecular weight is 375 g/mol. The molecule has 0 radical (unpaired) electrons. The van der Waals surface area contributed by atoms with Crippen molar-refractivity contribution in [2.45, 2.75) is 26.2 Å². The number of hydrogen-bond donors (Lipinski definition) is 2.